The number of amides is 2. The zero-order chi connectivity index (χ0) is 14.0. The van der Waals surface area contributed by atoms with Crippen molar-refractivity contribution in [2.75, 3.05) is 0 Å². The van der Waals surface area contributed by atoms with Gasteiger partial charge in [-0.1, -0.05) is 13.8 Å². The third kappa shape index (κ3) is 10.3. The molecule has 4 nitrogen and oxygen atoms in total. The van der Waals surface area contributed by atoms with Gasteiger partial charge in [-0.05, 0) is 46.3 Å². The van der Waals surface area contributed by atoms with Gasteiger partial charge in [0.2, 0.25) is 0 Å². The Morgan fingerprint density at radius 2 is 1.22 bits per heavy atom. The summed E-state index contributed by atoms with van der Waals surface area (Å²) >= 11 is 0. The van der Waals surface area contributed by atoms with Crippen LogP contribution in [0, 0.1) is 0 Å². The summed E-state index contributed by atoms with van der Waals surface area (Å²) in [7, 11) is 4.83. The summed E-state index contributed by atoms with van der Waals surface area (Å²) in [6, 6.07) is 0.383. The van der Waals surface area contributed by atoms with Gasteiger partial charge in [-0.15, -0.1) is 0 Å². The van der Waals surface area contributed by atoms with Crippen LogP contribution in [0.2, 0.25) is 0 Å². The van der Waals surface area contributed by atoms with Gasteiger partial charge in [0.15, 0.2) is 0 Å². The van der Waals surface area contributed by atoms with Crippen LogP contribution in [0.15, 0.2) is 0 Å². The highest BCUT2D eigenvalue weighted by atomic mass is 33.7. The highest BCUT2D eigenvalue weighted by Gasteiger charge is 2.10. The van der Waals surface area contributed by atoms with E-state index in [2.05, 4.69) is 10.6 Å². The molecule has 0 saturated heterocycles. The van der Waals surface area contributed by atoms with Crippen LogP contribution in [-0.2, 0) is 0 Å². The maximum Gasteiger partial charge on any atom is 0.290 e. The first-order valence-electron chi connectivity index (χ1n) is 5.78. The Morgan fingerprint density at radius 1 is 0.889 bits per heavy atom. The minimum Gasteiger partial charge on any atom is -0.344 e. The van der Waals surface area contributed by atoms with E-state index in [9.17, 15) is 9.59 Å². The first-order chi connectivity index (χ1) is 8.49. The maximum atomic E-state index is 11.4. The van der Waals surface area contributed by atoms with Gasteiger partial charge < -0.3 is 10.6 Å². The van der Waals surface area contributed by atoms with Gasteiger partial charge in [-0.3, -0.25) is 9.59 Å². The molecule has 2 unspecified atom stereocenters. The van der Waals surface area contributed by atoms with Crippen molar-refractivity contribution in [2.45, 2.75) is 52.6 Å². The second kappa shape index (κ2) is 11.2. The molecule has 0 fully saturated rings. The summed E-state index contributed by atoms with van der Waals surface area (Å²) in [5, 5.41) is 5.55. The molecule has 0 radical (unpaired) electrons. The van der Waals surface area contributed by atoms with Crippen molar-refractivity contribution in [1.82, 2.24) is 10.6 Å². The molecule has 0 aromatic rings. The van der Waals surface area contributed by atoms with E-state index in [1.165, 1.54) is 19.7 Å². The van der Waals surface area contributed by atoms with Crippen LogP contribution in [0.1, 0.15) is 40.5 Å². The van der Waals surface area contributed by atoms with Gasteiger partial charge >= 0.3 is 0 Å². The monoisotopic (exact) mass is 328 g/mol. The molecule has 0 bridgehead atoms. The fraction of sp³-hybridized carbons (Fsp3) is 0.800. The lowest BCUT2D eigenvalue weighted by Gasteiger charge is -2.10. The fourth-order valence-corrected chi connectivity index (χ4v) is 5.36. The highest BCUT2D eigenvalue weighted by molar-refractivity contribution is 9.28. The summed E-state index contributed by atoms with van der Waals surface area (Å²) < 4.78 is 0. The lowest BCUT2D eigenvalue weighted by atomic mass is 10.3. The zero-order valence-corrected chi connectivity index (χ0v) is 14.3. The summed E-state index contributed by atoms with van der Waals surface area (Å²) in [5.74, 6) is 0. The lowest BCUT2D eigenvalue weighted by molar-refractivity contribution is 0.257. The summed E-state index contributed by atoms with van der Waals surface area (Å²) in [6.07, 6.45) is 1.83. The Hall–Kier alpha value is 0.340. The van der Waals surface area contributed by atoms with Crippen LogP contribution in [0.4, 0.5) is 9.59 Å². The molecule has 0 aliphatic heterocycles. The smallest absolute Gasteiger partial charge is 0.290 e. The number of carbonyl (C=O) groups excluding carboxylic acids is 2. The largest absolute Gasteiger partial charge is 0.344 e. The van der Waals surface area contributed by atoms with Crippen LogP contribution in [-0.4, -0.2) is 22.6 Å². The molecular formula is C10H20N2O2S4. The van der Waals surface area contributed by atoms with Gasteiger partial charge in [-0.2, -0.15) is 0 Å². The average Bonchev–Trinajstić information content (AvgIpc) is 2.34. The minimum absolute atomic E-state index is 0.0650. The van der Waals surface area contributed by atoms with E-state index in [1.54, 1.807) is 0 Å². The van der Waals surface area contributed by atoms with E-state index in [1.807, 2.05) is 27.7 Å². The van der Waals surface area contributed by atoms with Crippen molar-refractivity contribution in [1.29, 1.82) is 0 Å². The highest BCUT2D eigenvalue weighted by Crippen LogP contribution is 2.43. The number of nitrogens with one attached hydrogen (secondary N) is 2. The molecule has 18 heavy (non-hydrogen) atoms. The molecule has 0 heterocycles. The standard InChI is InChI=1S/C10H20N2O2S4/c1-5-7(3)11-9(13)15-17-18-16-10(14)12-8(4)6-2/h7-8H,5-6H2,1-4H3,(H,11,13)(H,12,14). The van der Waals surface area contributed by atoms with E-state index in [-0.39, 0.29) is 22.6 Å². The number of rotatable bonds is 7. The SMILES string of the molecule is CCC(C)NC(=O)SSSSC(=O)NC(C)CC. The second-order valence-electron chi connectivity index (χ2n) is 3.78. The zero-order valence-electron chi connectivity index (χ0n) is 11.0. The minimum atomic E-state index is -0.0650. The van der Waals surface area contributed by atoms with Crippen molar-refractivity contribution >= 4 is 51.7 Å². The average molecular weight is 329 g/mol. The van der Waals surface area contributed by atoms with E-state index in [0.717, 1.165) is 34.4 Å². The molecule has 0 rings (SSSR count). The predicted molar refractivity (Wildman–Crippen MR) is 86.9 cm³/mol. The summed E-state index contributed by atoms with van der Waals surface area (Å²) in [4.78, 5) is 22.8. The molecule has 0 aromatic heterocycles. The molecule has 0 saturated carbocycles. The Labute approximate surface area is 124 Å². The van der Waals surface area contributed by atoms with E-state index in [0.29, 0.717) is 0 Å². The van der Waals surface area contributed by atoms with Crippen LogP contribution in [0.3, 0.4) is 0 Å². The molecule has 8 heteroatoms. The fourth-order valence-electron chi connectivity index (χ4n) is 0.744. The summed E-state index contributed by atoms with van der Waals surface area (Å²) in [5.41, 5.74) is 0. The molecule has 0 aliphatic carbocycles. The topological polar surface area (TPSA) is 58.2 Å². The Kier molecular flexibility index (Phi) is 11.4. The molecule has 0 aromatic carbocycles. The molecular weight excluding hydrogens is 308 g/mol. The third-order valence-electron chi connectivity index (χ3n) is 2.20. The van der Waals surface area contributed by atoms with Crippen LogP contribution in [0.25, 0.3) is 0 Å². The lowest BCUT2D eigenvalue weighted by Crippen LogP contribution is -2.28. The van der Waals surface area contributed by atoms with Crippen molar-refractivity contribution in [3.63, 3.8) is 0 Å². The van der Waals surface area contributed by atoms with Crippen molar-refractivity contribution in [3.8, 4) is 0 Å². The quantitative estimate of drug-likeness (QED) is 0.523. The number of hydrogen-bond donors (Lipinski definition) is 2. The van der Waals surface area contributed by atoms with E-state index in [4.69, 9.17) is 0 Å². The Morgan fingerprint density at radius 3 is 1.50 bits per heavy atom. The van der Waals surface area contributed by atoms with Gasteiger partial charge in [0.25, 0.3) is 10.5 Å². The molecule has 106 valence electrons. The van der Waals surface area contributed by atoms with Crippen LogP contribution in [0.5, 0.6) is 0 Å². The van der Waals surface area contributed by atoms with Crippen molar-refractivity contribution < 1.29 is 9.59 Å². The van der Waals surface area contributed by atoms with E-state index >= 15 is 0 Å². The van der Waals surface area contributed by atoms with Gasteiger partial charge in [0.05, 0.1) is 0 Å². The first kappa shape index (κ1) is 18.3. The summed E-state index contributed by atoms with van der Waals surface area (Å²) in [6.45, 7) is 7.97. The van der Waals surface area contributed by atoms with Gasteiger partial charge in [0, 0.05) is 33.7 Å². The van der Waals surface area contributed by atoms with E-state index < -0.39 is 0 Å². The van der Waals surface area contributed by atoms with Crippen molar-refractivity contribution in [3.05, 3.63) is 0 Å². The normalized spacial score (nSPS) is 13.8. The first-order valence-corrected chi connectivity index (χ1v) is 10.6. The Bertz CT molecular complexity index is 240. The molecule has 0 aliphatic rings. The molecule has 2 amide bonds. The van der Waals surface area contributed by atoms with Gasteiger partial charge in [0.1, 0.15) is 0 Å². The van der Waals surface area contributed by atoms with Crippen LogP contribution < -0.4 is 10.6 Å². The second-order valence-corrected chi connectivity index (χ2v) is 9.40. The van der Waals surface area contributed by atoms with Crippen LogP contribution >= 0.6 is 41.2 Å². The maximum absolute atomic E-state index is 11.4. The van der Waals surface area contributed by atoms with Gasteiger partial charge in [-0.25, -0.2) is 0 Å². The molecule has 2 atom stereocenters. The third-order valence-corrected chi connectivity index (χ3v) is 7.64. The predicted octanol–water partition coefficient (Wildman–Crippen LogP) is 4.68. The number of carbonyl (C=O) groups is 2. The van der Waals surface area contributed by atoms with Crippen molar-refractivity contribution in [2.24, 2.45) is 0 Å². The molecule has 2 N–H and O–H groups in total. The molecule has 0 spiro atoms. The Balaban J connectivity index is 3.55. The number of hydrogen-bond acceptors (Lipinski definition) is 6.